The minimum atomic E-state index is -0.537. The van der Waals surface area contributed by atoms with Crippen molar-refractivity contribution >= 4 is 23.2 Å². The second-order valence-corrected chi connectivity index (χ2v) is 4.14. The van der Waals surface area contributed by atoms with Crippen LogP contribution in [-0.4, -0.2) is 18.5 Å². The zero-order valence-electron chi connectivity index (χ0n) is 9.18. The van der Waals surface area contributed by atoms with Gasteiger partial charge >= 0.3 is 0 Å². The number of benzene rings is 1. The van der Waals surface area contributed by atoms with Crippen molar-refractivity contribution in [2.24, 2.45) is 0 Å². The minimum absolute atomic E-state index is 0.139. The summed E-state index contributed by atoms with van der Waals surface area (Å²) in [7, 11) is 0. The molecule has 1 aromatic carbocycles. The lowest BCUT2D eigenvalue weighted by molar-refractivity contribution is -0.115. The van der Waals surface area contributed by atoms with Crippen LogP contribution in [0.1, 0.15) is 13.8 Å². The van der Waals surface area contributed by atoms with E-state index in [1.165, 1.54) is 12.1 Å². The summed E-state index contributed by atoms with van der Waals surface area (Å²) in [5.74, 6) is -0.819. The number of rotatable bonds is 4. The smallest absolute Gasteiger partial charge is 0.238 e. The number of halogens is 2. The molecule has 1 aromatic rings. The Morgan fingerprint density at radius 3 is 2.75 bits per heavy atom. The van der Waals surface area contributed by atoms with E-state index in [0.717, 1.165) is 6.07 Å². The van der Waals surface area contributed by atoms with Crippen LogP contribution in [0.4, 0.5) is 10.1 Å². The van der Waals surface area contributed by atoms with E-state index in [4.69, 9.17) is 11.6 Å². The molecule has 0 fully saturated rings. The largest absolute Gasteiger partial charge is 0.322 e. The molecule has 0 heterocycles. The van der Waals surface area contributed by atoms with E-state index in [1.54, 1.807) is 0 Å². The predicted octanol–water partition coefficient (Wildman–Crippen LogP) is 2.42. The van der Waals surface area contributed by atoms with E-state index >= 15 is 0 Å². The van der Waals surface area contributed by atoms with Crippen LogP contribution in [0.25, 0.3) is 0 Å². The summed E-state index contributed by atoms with van der Waals surface area (Å²) in [6, 6.07) is 4.33. The predicted molar refractivity (Wildman–Crippen MR) is 63.2 cm³/mol. The lowest BCUT2D eigenvalue weighted by Gasteiger charge is -2.09. The SMILES string of the molecule is CC(C)NCC(=O)Nc1ccc(Cl)cc1F. The number of anilines is 1. The third kappa shape index (κ3) is 4.16. The Morgan fingerprint density at radius 2 is 2.19 bits per heavy atom. The number of hydrogen-bond donors (Lipinski definition) is 2. The van der Waals surface area contributed by atoms with E-state index in [9.17, 15) is 9.18 Å². The first kappa shape index (κ1) is 12.9. The van der Waals surface area contributed by atoms with Crippen LogP contribution in [0, 0.1) is 5.82 Å². The van der Waals surface area contributed by atoms with E-state index in [2.05, 4.69) is 10.6 Å². The second-order valence-electron chi connectivity index (χ2n) is 3.71. The number of nitrogens with one attached hydrogen (secondary N) is 2. The van der Waals surface area contributed by atoms with Crippen molar-refractivity contribution in [1.29, 1.82) is 0 Å². The lowest BCUT2D eigenvalue weighted by Crippen LogP contribution is -2.32. The van der Waals surface area contributed by atoms with Gasteiger partial charge in [-0.1, -0.05) is 25.4 Å². The zero-order valence-corrected chi connectivity index (χ0v) is 9.94. The van der Waals surface area contributed by atoms with Gasteiger partial charge in [0.25, 0.3) is 0 Å². The standard InChI is InChI=1S/C11H14ClFN2O/c1-7(2)14-6-11(16)15-10-4-3-8(12)5-9(10)13/h3-5,7,14H,6H2,1-2H3,(H,15,16). The van der Waals surface area contributed by atoms with Crippen LogP contribution in [0.2, 0.25) is 5.02 Å². The maximum absolute atomic E-state index is 13.3. The van der Waals surface area contributed by atoms with Crippen molar-refractivity contribution in [2.45, 2.75) is 19.9 Å². The second kappa shape index (κ2) is 5.82. The molecule has 1 amide bonds. The minimum Gasteiger partial charge on any atom is -0.322 e. The molecule has 0 aromatic heterocycles. The van der Waals surface area contributed by atoms with Crippen LogP contribution in [0.3, 0.4) is 0 Å². The molecule has 5 heteroatoms. The van der Waals surface area contributed by atoms with Crippen LogP contribution >= 0.6 is 11.6 Å². The van der Waals surface area contributed by atoms with Gasteiger partial charge in [-0.3, -0.25) is 4.79 Å². The molecule has 0 saturated heterocycles. The Hall–Kier alpha value is -1.13. The fraction of sp³-hybridized carbons (Fsp3) is 0.364. The molecule has 0 aliphatic heterocycles. The highest BCUT2D eigenvalue weighted by molar-refractivity contribution is 6.30. The average molecular weight is 245 g/mol. The zero-order chi connectivity index (χ0) is 12.1. The third-order valence-electron chi connectivity index (χ3n) is 1.88. The summed E-state index contributed by atoms with van der Waals surface area (Å²) in [6.45, 7) is 4.01. The van der Waals surface area contributed by atoms with Crippen molar-refractivity contribution < 1.29 is 9.18 Å². The number of hydrogen-bond acceptors (Lipinski definition) is 2. The molecule has 0 radical (unpaired) electrons. The number of carbonyl (C=O) groups is 1. The normalized spacial score (nSPS) is 10.6. The van der Waals surface area contributed by atoms with Gasteiger partial charge in [0.2, 0.25) is 5.91 Å². The van der Waals surface area contributed by atoms with Gasteiger partial charge in [-0.25, -0.2) is 4.39 Å². The molecule has 0 saturated carbocycles. The van der Waals surface area contributed by atoms with Gasteiger partial charge in [0.15, 0.2) is 0 Å². The maximum atomic E-state index is 13.3. The Balaban J connectivity index is 2.56. The summed E-state index contributed by atoms with van der Waals surface area (Å²) < 4.78 is 13.3. The summed E-state index contributed by atoms with van der Waals surface area (Å²) >= 11 is 5.59. The topological polar surface area (TPSA) is 41.1 Å². The fourth-order valence-electron chi connectivity index (χ4n) is 1.08. The first-order valence-corrected chi connectivity index (χ1v) is 5.35. The molecule has 0 bridgehead atoms. The lowest BCUT2D eigenvalue weighted by atomic mass is 10.3. The van der Waals surface area contributed by atoms with Crippen LogP contribution < -0.4 is 10.6 Å². The first-order chi connectivity index (χ1) is 7.49. The third-order valence-corrected chi connectivity index (χ3v) is 2.11. The molecule has 0 aliphatic rings. The van der Waals surface area contributed by atoms with Gasteiger partial charge in [0.1, 0.15) is 5.82 Å². The highest BCUT2D eigenvalue weighted by Gasteiger charge is 2.07. The van der Waals surface area contributed by atoms with Gasteiger partial charge < -0.3 is 10.6 Å². The number of amides is 1. The summed E-state index contributed by atoms with van der Waals surface area (Å²) in [4.78, 5) is 11.4. The molecule has 2 N–H and O–H groups in total. The van der Waals surface area contributed by atoms with Gasteiger partial charge in [0, 0.05) is 11.1 Å². The van der Waals surface area contributed by atoms with Gasteiger partial charge in [0.05, 0.1) is 12.2 Å². The Bertz CT molecular complexity index is 382. The van der Waals surface area contributed by atoms with Crippen molar-refractivity contribution in [1.82, 2.24) is 5.32 Å². The molecular formula is C11H14ClFN2O. The maximum Gasteiger partial charge on any atom is 0.238 e. The molecule has 3 nitrogen and oxygen atoms in total. The van der Waals surface area contributed by atoms with Crippen LogP contribution in [0.15, 0.2) is 18.2 Å². The molecule has 16 heavy (non-hydrogen) atoms. The first-order valence-electron chi connectivity index (χ1n) is 4.97. The highest BCUT2D eigenvalue weighted by atomic mass is 35.5. The van der Waals surface area contributed by atoms with E-state index in [-0.39, 0.29) is 24.2 Å². The van der Waals surface area contributed by atoms with Gasteiger partial charge in [-0.2, -0.15) is 0 Å². The molecule has 0 aliphatic carbocycles. The summed E-state index contributed by atoms with van der Waals surface area (Å²) in [6.07, 6.45) is 0. The van der Waals surface area contributed by atoms with E-state index in [1.807, 2.05) is 13.8 Å². The summed E-state index contributed by atoms with van der Waals surface area (Å²) in [5, 5.41) is 5.70. The molecular weight excluding hydrogens is 231 g/mol. The molecule has 0 spiro atoms. The van der Waals surface area contributed by atoms with Gasteiger partial charge in [-0.05, 0) is 18.2 Å². The fourth-order valence-corrected chi connectivity index (χ4v) is 1.24. The Kier molecular flexibility index (Phi) is 4.71. The van der Waals surface area contributed by atoms with Crippen LogP contribution in [0.5, 0.6) is 0 Å². The monoisotopic (exact) mass is 244 g/mol. The van der Waals surface area contributed by atoms with Crippen molar-refractivity contribution in [2.75, 3.05) is 11.9 Å². The van der Waals surface area contributed by atoms with E-state index in [0.29, 0.717) is 5.02 Å². The van der Waals surface area contributed by atoms with Crippen molar-refractivity contribution in [3.63, 3.8) is 0 Å². The molecule has 0 atom stereocenters. The van der Waals surface area contributed by atoms with E-state index < -0.39 is 5.82 Å². The molecule has 88 valence electrons. The van der Waals surface area contributed by atoms with Crippen molar-refractivity contribution in [3.05, 3.63) is 29.0 Å². The summed E-state index contributed by atoms with van der Waals surface area (Å²) in [5.41, 5.74) is 0.139. The number of carbonyl (C=O) groups excluding carboxylic acids is 1. The Morgan fingerprint density at radius 1 is 1.50 bits per heavy atom. The van der Waals surface area contributed by atoms with Crippen molar-refractivity contribution in [3.8, 4) is 0 Å². The van der Waals surface area contributed by atoms with Gasteiger partial charge in [-0.15, -0.1) is 0 Å². The molecule has 0 unspecified atom stereocenters. The molecule has 1 rings (SSSR count). The quantitative estimate of drug-likeness (QED) is 0.854. The highest BCUT2D eigenvalue weighted by Crippen LogP contribution is 2.18. The van der Waals surface area contributed by atoms with Crippen LogP contribution in [-0.2, 0) is 4.79 Å². The Labute approximate surface area is 99.0 Å². The average Bonchev–Trinajstić information content (AvgIpc) is 2.19.